The molecule has 0 spiro atoms. The van der Waals surface area contributed by atoms with E-state index < -0.39 is 175 Å². The largest absolute Gasteiger partial charge is 0.508 e. The van der Waals surface area contributed by atoms with E-state index in [2.05, 4.69) is 78.8 Å². The molecule has 5 aromatic carbocycles. The zero-order valence-corrected chi connectivity index (χ0v) is 58.7. The van der Waals surface area contributed by atoms with Crippen LogP contribution >= 0.6 is 0 Å². The van der Waals surface area contributed by atoms with E-state index in [1.54, 1.807) is 91.1 Å². The number of benzene rings is 5. The third-order valence-corrected chi connectivity index (χ3v) is 17.5. The lowest BCUT2D eigenvalue weighted by atomic mass is 10.0. The second kappa shape index (κ2) is 39.1. The first-order chi connectivity index (χ1) is 51.6. The molecule has 1 unspecified atom stereocenters. The minimum Gasteiger partial charge on any atom is -0.508 e. The average Bonchev–Trinajstić information content (AvgIpc) is 1.63. The Kier molecular flexibility index (Phi) is 29.1. The molecule has 1 aliphatic heterocycles. The van der Waals surface area contributed by atoms with E-state index in [0.29, 0.717) is 38.7 Å². The number of primary amides is 2. The van der Waals surface area contributed by atoms with Crippen LogP contribution in [0.2, 0.25) is 0 Å². The molecular formula is C73H88N20O15. The molecule has 108 heavy (non-hydrogen) atoms. The summed E-state index contributed by atoms with van der Waals surface area (Å²) in [6.07, 6.45) is 0.478. The van der Waals surface area contributed by atoms with Crippen LogP contribution in [0.15, 0.2) is 152 Å². The number of para-hydroxylation sites is 1. The van der Waals surface area contributed by atoms with Gasteiger partial charge >= 0.3 is 0 Å². The number of carbonyl (C=O) groups is 13. The van der Waals surface area contributed by atoms with Crippen LogP contribution in [-0.4, -0.2) is 187 Å². The minimum atomic E-state index is -1.96. The van der Waals surface area contributed by atoms with E-state index in [1.165, 1.54) is 68.0 Å². The second-order valence-corrected chi connectivity index (χ2v) is 25.9. The van der Waals surface area contributed by atoms with Gasteiger partial charge in [-0.2, -0.15) is 0 Å². The van der Waals surface area contributed by atoms with Crippen LogP contribution in [0.25, 0.3) is 10.9 Å². The maximum absolute atomic E-state index is 15.1. The van der Waals surface area contributed by atoms with Crippen molar-refractivity contribution in [2.24, 2.45) is 22.9 Å². The van der Waals surface area contributed by atoms with Gasteiger partial charge in [0.25, 0.3) is 0 Å². The molecule has 0 aliphatic carbocycles. The van der Waals surface area contributed by atoms with Gasteiger partial charge in [0, 0.05) is 68.5 Å². The Morgan fingerprint density at radius 2 is 1.08 bits per heavy atom. The Bertz CT molecular complexity index is 4340. The molecule has 1 fully saturated rings. The number of nitrogens with zero attached hydrogens (tertiary/aromatic N) is 1. The van der Waals surface area contributed by atoms with Crippen LogP contribution < -0.4 is 86.7 Å². The van der Waals surface area contributed by atoms with Crippen molar-refractivity contribution in [2.45, 2.75) is 138 Å². The van der Waals surface area contributed by atoms with Gasteiger partial charge in [-0.25, -0.2) is 4.98 Å². The lowest BCUT2D eigenvalue weighted by Crippen LogP contribution is -2.62. The van der Waals surface area contributed by atoms with Crippen LogP contribution in [0.5, 0.6) is 11.5 Å². The van der Waals surface area contributed by atoms with Crippen LogP contribution in [0.4, 0.5) is 0 Å². The molecule has 11 atom stereocenters. The van der Waals surface area contributed by atoms with Gasteiger partial charge in [-0.15, -0.1) is 0 Å². The summed E-state index contributed by atoms with van der Waals surface area (Å²) in [5.74, 6) is -14.7. The zero-order valence-electron chi connectivity index (χ0n) is 58.7. The Labute approximate surface area is 618 Å². The molecule has 8 rings (SSSR count). The summed E-state index contributed by atoms with van der Waals surface area (Å²) in [6.45, 7) is 0.270. The number of hydrogen-bond donors (Lipinski definition) is 21. The van der Waals surface area contributed by atoms with E-state index >= 15 is 14.4 Å². The number of phenolic OH excluding ortho intramolecular Hbond substituents is 2. The van der Waals surface area contributed by atoms with E-state index in [9.17, 15) is 58.2 Å². The van der Waals surface area contributed by atoms with Gasteiger partial charge in [0.1, 0.15) is 71.9 Å². The first kappa shape index (κ1) is 80.5. The fraction of sp³-hybridized carbons (Fsp3) is 0.329. The molecule has 35 nitrogen and oxygen atoms in total. The zero-order chi connectivity index (χ0) is 78.0. The molecular weight excluding hydrogens is 1400 g/mol. The van der Waals surface area contributed by atoms with Gasteiger partial charge in [0.05, 0.1) is 30.9 Å². The highest BCUT2D eigenvalue weighted by Gasteiger charge is 2.38. The van der Waals surface area contributed by atoms with E-state index in [-0.39, 0.29) is 68.7 Å². The monoisotopic (exact) mass is 1480 g/mol. The second-order valence-electron chi connectivity index (χ2n) is 25.9. The van der Waals surface area contributed by atoms with Crippen molar-refractivity contribution in [1.29, 1.82) is 5.41 Å². The van der Waals surface area contributed by atoms with Crippen molar-refractivity contribution in [1.82, 2.24) is 78.8 Å². The summed E-state index contributed by atoms with van der Waals surface area (Å²) in [5.41, 5.74) is 26.6. The van der Waals surface area contributed by atoms with Gasteiger partial charge in [-0.3, -0.25) is 67.7 Å². The standard InChI is InChI=1S/C73H88N20O15/c1-39-63(99)88-53(29-40-11-4-2-5-12-40)69(105)93-59(72(108)87-52(62(76)98)28-43-20-24-47(95)25-21-43)37-82-65(101)58(89-64(100)49(74)27-42-18-22-46(94)23-19-42)34-61(97)85-56(32-45-36-79-38-83-45)71(107)90-54(30-41-13-6-3-7-14-41)68(104)86-51(17-10-26-80-73(77)78)66(102)91-55(31-44-35-81-50-16-9-8-15-48(44)50)70(106)92-57(33-60(75)96)67(103)84-39/h2-9,11-16,18-25,35-36,38-39,49,51-59,81,94-95H,10,17,26-34,37,74H2,1H3,(H2,75,96)(H2,76,98)(H,79,83)(H,82,101)(H,84,103)(H,85,97)(H,86,104)(H,87,108)(H,88,99)(H,89,100)(H,90,107)(H,91,102)(H,92,106)(H,93,105)(H4,77,78,80)/t39-,49-,51-,52-,53+,54+,55-,56-,57-,58+,59?/m0/s1. The molecule has 0 bridgehead atoms. The maximum Gasteiger partial charge on any atom is 0.245 e. The maximum atomic E-state index is 15.1. The van der Waals surface area contributed by atoms with Crippen LogP contribution in [0.1, 0.15) is 66.1 Å². The average molecular weight is 1490 g/mol. The van der Waals surface area contributed by atoms with Crippen molar-refractivity contribution < 1.29 is 72.5 Å². The van der Waals surface area contributed by atoms with Gasteiger partial charge < -0.3 is 107 Å². The number of H-pyrrole nitrogens is 2. The number of hydrogen-bond acceptors (Lipinski definition) is 18. The number of aromatic hydroxyl groups is 2. The fourth-order valence-corrected chi connectivity index (χ4v) is 11.7. The molecule has 3 heterocycles. The van der Waals surface area contributed by atoms with Crippen molar-refractivity contribution in [2.75, 3.05) is 13.1 Å². The van der Waals surface area contributed by atoms with Crippen LogP contribution in [-0.2, 0) is 101 Å². The molecule has 570 valence electrons. The molecule has 7 aromatic rings. The number of imidazole rings is 1. The highest BCUT2D eigenvalue weighted by atomic mass is 16.3. The molecule has 25 N–H and O–H groups in total. The molecule has 13 amide bonds. The van der Waals surface area contributed by atoms with Crippen molar-refractivity contribution in [3.8, 4) is 11.5 Å². The van der Waals surface area contributed by atoms with Crippen molar-refractivity contribution in [3.05, 3.63) is 186 Å². The number of aromatic amines is 2. The summed E-state index contributed by atoms with van der Waals surface area (Å²) < 4.78 is 0. The number of nitrogens with one attached hydrogen (secondary N) is 15. The van der Waals surface area contributed by atoms with Gasteiger partial charge in [0.2, 0.25) is 76.8 Å². The van der Waals surface area contributed by atoms with Crippen LogP contribution in [0, 0.1) is 5.41 Å². The highest BCUT2D eigenvalue weighted by molar-refractivity contribution is 6.01. The van der Waals surface area contributed by atoms with Gasteiger partial charge in [-0.1, -0.05) is 103 Å². The highest BCUT2D eigenvalue weighted by Crippen LogP contribution is 2.21. The minimum absolute atomic E-state index is 0.00661. The first-order valence-corrected chi connectivity index (χ1v) is 34.5. The lowest BCUT2D eigenvalue weighted by Gasteiger charge is -2.28. The fourth-order valence-electron chi connectivity index (χ4n) is 11.7. The smallest absolute Gasteiger partial charge is 0.245 e. The number of guanidine groups is 1. The number of fused-ring (bicyclic) bond motifs is 1. The number of rotatable bonds is 23. The molecule has 2 aromatic heterocycles. The van der Waals surface area contributed by atoms with Gasteiger partial charge in [-0.05, 0) is 84.3 Å². The Balaban J connectivity index is 1.22. The molecule has 35 heteroatoms. The Hall–Kier alpha value is -13.2. The van der Waals surface area contributed by atoms with E-state index in [0.717, 1.165) is 0 Å². The SMILES string of the molecule is C[C@@H]1NC(=O)[C@H](CC(N)=O)NC(=O)[C@H](Cc2c[nH]c3ccccc23)NC(=O)[C@H](CCCNC(=N)N)NC(=O)[C@@H](Cc2ccccc2)NC(=O)[C@H](Cc2c[nH]cn2)NC(=O)C[C@@H](NC(=O)[C@@H](N)Cc2ccc(O)cc2)C(=O)NCC(C(=O)N[C@@H](Cc2ccc(O)cc2)C(N)=O)NC(=O)[C@@H](Cc2ccccc2)NC1=O. The van der Waals surface area contributed by atoms with E-state index in [4.69, 9.17) is 28.3 Å². The van der Waals surface area contributed by atoms with Crippen LogP contribution in [0.3, 0.4) is 0 Å². The molecule has 0 radical (unpaired) electrons. The normalized spacial score (nSPS) is 21.1. The van der Waals surface area contributed by atoms with Crippen molar-refractivity contribution in [3.63, 3.8) is 0 Å². The number of carbonyl (C=O) groups excluding carboxylic acids is 13. The van der Waals surface area contributed by atoms with E-state index in [1.807, 2.05) is 0 Å². The number of amides is 13. The van der Waals surface area contributed by atoms with Crippen molar-refractivity contribution >= 4 is 93.7 Å². The Morgan fingerprint density at radius 1 is 0.565 bits per heavy atom. The predicted octanol–water partition coefficient (Wildman–Crippen LogP) is -3.60. The molecule has 0 saturated carbocycles. The summed E-state index contributed by atoms with van der Waals surface area (Å²) in [5, 5.41) is 59.1. The summed E-state index contributed by atoms with van der Waals surface area (Å²) in [7, 11) is 0. The quantitative estimate of drug-likeness (QED) is 0.0167. The topological polar surface area (TPSA) is 579 Å². The molecule has 1 saturated heterocycles. The van der Waals surface area contributed by atoms with Gasteiger partial charge in [0.15, 0.2) is 5.96 Å². The summed E-state index contributed by atoms with van der Waals surface area (Å²) >= 11 is 0. The number of nitrogens with two attached hydrogens (primary N) is 4. The Morgan fingerprint density at radius 3 is 1.66 bits per heavy atom. The lowest BCUT2D eigenvalue weighted by molar-refractivity contribution is -0.136. The number of phenols is 2. The predicted molar refractivity (Wildman–Crippen MR) is 391 cm³/mol. The summed E-state index contributed by atoms with van der Waals surface area (Å²) in [4.78, 5) is 199. The first-order valence-electron chi connectivity index (χ1n) is 34.5. The number of aromatic nitrogens is 3. The summed E-state index contributed by atoms with van der Waals surface area (Å²) in [6, 6.07) is 16.0. The third kappa shape index (κ3) is 24.7. The third-order valence-electron chi connectivity index (χ3n) is 17.5. The molecule has 1 aliphatic rings.